The molecule has 1 saturated heterocycles. The molecule has 4 nitrogen and oxygen atoms in total. The minimum Gasteiger partial charge on any atom is -0.389 e. The smallest absolute Gasteiger partial charge is 0.251 e. The van der Waals surface area contributed by atoms with Crippen molar-refractivity contribution in [1.82, 2.24) is 4.90 Å². The summed E-state index contributed by atoms with van der Waals surface area (Å²) in [5.41, 5.74) is 1.11. The van der Waals surface area contributed by atoms with Gasteiger partial charge in [-0.1, -0.05) is 30.3 Å². The van der Waals surface area contributed by atoms with Gasteiger partial charge in [0.15, 0.2) is 0 Å². The summed E-state index contributed by atoms with van der Waals surface area (Å²) < 4.78 is 0. The van der Waals surface area contributed by atoms with Crippen molar-refractivity contribution in [2.75, 3.05) is 13.1 Å². The third-order valence-corrected chi connectivity index (χ3v) is 3.01. The molecular formula is C13H17NO3. The van der Waals surface area contributed by atoms with E-state index in [2.05, 4.69) is 0 Å². The van der Waals surface area contributed by atoms with Gasteiger partial charge in [-0.05, 0) is 18.4 Å². The van der Waals surface area contributed by atoms with Gasteiger partial charge in [-0.25, -0.2) is 0 Å². The van der Waals surface area contributed by atoms with E-state index in [0.717, 1.165) is 5.56 Å². The topological polar surface area (TPSA) is 60.8 Å². The molecule has 4 heteroatoms. The van der Waals surface area contributed by atoms with Gasteiger partial charge in [-0.15, -0.1) is 0 Å². The number of carbonyl (C=O) groups is 1. The van der Waals surface area contributed by atoms with Crippen LogP contribution in [0.1, 0.15) is 12.0 Å². The first-order valence-corrected chi connectivity index (χ1v) is 5.85. The average molecular weight is 235 g/mol. The Hall–Kier alpha value is -1.39. The molecule has 0 unspecified atom stereocenters. The summed E-state index contributed by atoms with van der Waals surface area (Å²) in [6.45, 7) is 0.697. The maximum atomic E-state index is 11.7. The van der Waals surface area contributed by atoms with E-state index in [4.69, 9.17) is 5.11 Å². The molecule has 0 bridgehead atoms. The van der Waals surface area contributed by atoms with E-state index in [1.807, 2.05) is 30.3 Å². The van der Waals surface area contributed by atoms with Crippen LogP contribution >= 0.6 is 0 Å². The van der Waals surface area contributed by atoms with Crippen molar-refractivity contribution in [3.05, 3.63) is 35.9 Å². The quantitative estimate of drug-likeness (QED) is 0.783. The van der Waals surface area contributed by atoms with E-state index in [9.17, 15) is 9.90 Å². The Morgan fingerprint density at radius 3 is 2.59 bits per heavy atom. The highest BCUT2D eigenvalue weighted by molar-refractivity contribution is 5.81. The van der Waals surface area contributed by atoms with E-state index >= 15 is 0 Å². The van der Waals surface area contributed by atoms with Crippen molar-refractivity contribution in [2.45, 2.75) is 25.0 Å². The van der Waals surface area contributed by atoms with Crippen LogP contribution in [0.25, 0.3) is 0 Å². The number of aliphatic hydroxyl groups excluding tert-OH is 2. The van der Waals surface area contributed by atoms with Crippen LogP contribution in [0.15, 0.2) is 30.3 Å². The number of aliphatic hydroxyl groups is 2. The van der Waals surface area contributed by atoms with Crippen molar-refractivity contribution < 1.29 is 15.0 Å². The highest BCUT2D eigenvalue weighted by atomic mass is 16.3. The first kappa shape index (κ1) is 12.1. The highest BCUT2D eigenvalue weighted by Gasteiger charge is 2.32. The molecule has 0 spiro atoms. The number of benzene rings is 1. The zero-order valence-electron chi connectivity index (χ0n) is 9.62. The van der Waals surface area contributed by atoms with Crippen LogP contribution in [0.3, 0.4) is 0 Å². The van der Waals surface area contributed by atoms with E-state index in [1.54, 1.807) is 0 Å². The molecule has 1 fully saturated rings. The molecule has 1 heterocycles. The lowest BCUT2D eigenvalue weighted by Crippen LogP contribution is -2.56. The van der Waals surface area contributed by atoms with E-state index in [0.29, 0.717) is 25.9 Å². The van der Waals surface area contributed by atoms with Crippen LogP contribution in [-0.2, 0) is 11.2 Å². The lowest BCUT2D eigenvalue weighted by atomic mass is 10.0. The largest absolute Gasteiger partial charge is 0.389 e. The van der Waals surface area contributed by atoms with E-state index in [-0.39, 0.29) is 5.91 Å². The van der Waals surface area contributed by atoms with Gasteiger partial charge in [0.25, 0.3) is 5.91 Å². The standard InChI is InChI=1S/C13H17NO3/c15-11-8-14(9-11)13(17)12(16)7-6-10-4-2-1-3-5-10/h1-5,11-12,15-16H,6-9H2/t12-/m1/s1. The molecule has 0 saturated carbocycles. The number of β-amino-alcohol motifs (C(OH)–C–C–N with tert-alkyl or cyclic N) is 1. The van der Waals surface area contributed by atoms with Gasteiger partial charge in [0, 0.05) is 13.1 Å². The number of hydrogen-bond acceptors (Lipinski definition) is 3. The van der Waals surface area contributed by atoms with Crippen LogP contribution in [0.4, 0.5) is 0 Å². The Morgan fingerprint density at radius 2 is 2.00 bits per heavy atom. The number of likely N-dealkylation sites (tertiary alicyclic amines) is 1. The lowest BCUT2D eigenvalue weighted by molar-refractivity contribution is -0.150. The van der Waals surface area contributed by atoms with Crippen LogP contribution in [0.5, 0.6) is 0 Å². The summed E-state index contributed by atoms with van der Waals surface area (Å²) in [6, 6.07) is 9.77. The van der Waals surface area contributed by atoms with Gasteiger partial charge in [-0.3, -0.25) is 4.79 Å². The molecule has 1 atom stereocenters. The predicted octanol–water partition coefficient (Wildman–Crippen LogP) is 0.183. The molecule has 92 valence electrons. The van der Waals surface area contributed by atoms with Gasteiger partial charge in [-0.2, -0.15) is 0 Å². The normalized spacial score (nSPS) is 17.6. The van der Waals surface area contributed by atoms with E-state index in [1.165, 1.54) is 4.90 Å². The first-order chi connectivity index (χ1) is 8.16. The average Bonchev–Trinajstić information content (AvgIpc) is 2.32. The third-order valence-electron chi connectivity index (χ3n) is 3.01. The number of rotatable bonds is 4. The zero-order valence-corrected chi connectivity index (χ0v) is 9.62. The molecule has 2 rings (SSSR count). The van der Waals surface area contributed by atoms with Gasteiger partial charge < -0.3 is 15.1 Å². The van der Waals surface area contributed by atoms with Gasteiger partial charge in [0.1, 0.15) is 6.10 Å². The third kappa shape index (κ3) is 3.05. The molecule has 1 amide bonds. The summed E-state index contributed by atoms with van der Waals surface area (Å²) in [6.07, 6.45) is -0.262. The molecule has 1 aliphatic heterocycles. The minimum atomic E-state index is -0.956. The predicted molar refractivity (Wildman–Crippen MR) is 63.4 cm³/mol. The SMILES string of the molecule is O=C([C@H](O)CCc1ccccc1)N1CC(O)C1. The van der Waals surface area contributed by atoms with E-state index < -0.39 is 12.2 Å². The number of amides is 1. The Morgan fingerprint density at radius 1 is 1.35 bits per heavy atom. The second kappa shape index (κ2) is 5.29. The molecule has 0 aromatic heterocycles. The van der Waals surface area contributed by atoms with Gasteiger partial charge in [0.05, 0.1) is 6.10 Å². The summed E-state index contributed by atoms with van der Waals surface area (Å²) in [4.78, 5) is 13.1. The maximum absolute atomic E-state index is 11.7. The Balaban J connectivity index is 1.77. The number of hydrogen-bond donors (Lipinski definition) is 2. The number of nitrogens with zero attached hydrogens (tertiary/aromatic N) is 1. The number of carbonyl (C=O) groups excluding carboxylic acids is 1. The number of aryl methyl sites for hydroxylation is 1. The summed E-state index contributed by atoms with van der Waals surface area (Å²) in [7, 11) is 0. The van der Waals surface area contributed by atoms with Crippen LogP contribution < -0.4 is 0 Å². The molecule has 0 aliphatic carbocycles. The molecule has 1 aromatic carbocycles. The molecule has 2 N–H and O–H groups in total. The Kier molecular flexibility index (Phi) is 3.76. The second-order valence-electron chi connectivity index (χ2n) is 4.44. The zero-order chi connectivity index (χ0) is 12.3. The summed E-state index contributed by atoms with van der Waals surface area (Å²) >= 11 is 0. The van der Waals surface area contributed by atoms with Crippen molar-refractivity contribution >= 4 is 5.91 Å². The Labute approximate surface area is 100 Å². The molecule has 1 aliphatic rings. The monoisotopic (exact) mass is 235 g/mol. The van der Waals surface area contributed by atoms with Crippen molar-refractivity contribution in [1.29, 1.82) is 0 Å². The second-order valence-corrected chi connectivity index (χ2v) is 4.44. The summed E-state index contributed by atoms with van der Waals surface area (Å²) in [5.74, 6) is -0.272. The molecule has 1 aromatic rings. The minimum absolute atomic E-state index is 0.272. The summed E-state index contributed by atoms with van der Waals surface area (Å²) in [5, 5.41) is 18.8. The Bertz CT molecular complexity index is 374. The van der Waals surface area contributed by atoms with Crippen molar-refractivity contribution in [3.8, 4) is 0 Å². The highest BCUT2D eigenvalue weighted by Crippen LogP contribution is 2.12. The maximum Gasteiger partial charge on any atom is 0.251 e. The molecule has 17 heavy (non-hydrogen) atoms. The fourth-order valence-electron chi connectivity index (χ4n) is 1.92. The van der Waals surface area contributed by atoms with Crippen molar-refractivity contribution in [2.24, 2.45) is 0 Å². The molecule has 0 radical (unpaired) electrons. The lowest BCUT2D eigenvalue weighted by Gasteiger charge is -2.37. The van der Waals surface area contributed by atoms with Crippen LogP contribution in [0, 0.1) is 0 Å². The van der Waals surface area contributed by atoms with Gasteiger partial charge in [0.2, 0.25) is 0 Å². The fraction of sp³-hybridized carbons (Fsp3) is 0.462. The molecular weight excluding hydrogens is 218 g/mol. The van der Waals surface area contributed by atoms with Gasteiger partial charge >= 0.3 is 0 Å². The van der Waals surface area contributed by atoms with Crippen LogP contribution in [0.2, 0.25) is 0 Å². The van der Waals surface area contributed by atoms with Crippen molar-refractivity contribution in [3.63, 3.8) is 0 Å². The van der Waals surface area contributed by atoms with Crippen LogP contribution in [-0.4, -0.2) is 46.3 Å². The first-order valence-electron chi connectivity index (χ1n) is 5.85. The fourth-order valence-corrected chi connectivity index (χ4v) is 1.92.